The smallest absolute Gasteiger partial charge is 0.414 e. The second-order valence-corrected chi connectivity index (χ2v) is 8.93. The first kappa shape index (κ1) is 26.7. The number of amides is 2. The first-order chi connectivity index (χ1) is 14.7. The Morgan fingerprint density at radius 3 is 2.19 bits per heavy atom. The number of nitrogens with two attached hydrogens (primary N) is 2. The molecule has 0 aromatic heterocycles. The summed E-state index contributed by atoms with van der Waals surface area (Å²) in [5.41, 5.74) is 12.2. The van der Waals surface area contributed by atoms with Crippen molar-refractivity contribution in [2.75, 3.05) is 14.1 Å². The lowest BCUT2D eigenvalue weighted by Gasteiger charge is -2.28. The molecule has 8 nitrogen and oxygen atoms in total. The van der Waals surface area contributed by atoms with E-state index in [-0.39, 0.29) is 17.6 Å². The first-order valence-corrected chi connectivity index (χ1v) is 10.1. The number of carbonyl (C=O) groups excluding carboxylic acids is 3. The van der Waals surface area contributed by atoms with Crippen LogP contribution in [-0.2, 0) is 20.0 Å². The highest BCUT2D eigenvalue weighted by atomic mass is 16.6. The second-order valence-electron chi connectivity index (χ2n) is 8.93. The van der Waals surface area contributed by atoms with Gasteiger partial charge in [0.15, 0.2) is 5.78 Å². The summed E-state index contributed by atoms with van der Waals surface area (Å²) in [6, 6.07) is 5.64. The van der Waals surface area contributed by atoms with E-state index in [1.54, 1.807) is 14.1 Å². The number of ether oxygens (including phenoxy) is 2. The summed E-state index contributed by atoms with van der Waals surface area (Å²) in [5, 5.41) is 0. The van der Waals surface area contributed by atoms with Gasteiger partial charge in [-0.3, -0.25) is 10.5 Å². The maximum atomic E-state index is 11.4. The number of hydrogen-bond donors (Lipinski definition) is 2. The van der Waals surface area contributed by atoms with Gasteiger partial charge in [0.2, 0.25) is 5.72 Å². The summed E-state index contributed by atoms with van der Waals surface area (Å²) in [5.74, 6) is 2.88. The van der Waals surface area contributed by atoms with Crippen molar-refractivity contribution >= 4 is 18.0 Å². The summed E-state index contributed by atoms with van der Waals surface area (Å²) in [4.78, 5) is 34.9. The highest BCUT2D eigenvalue weighted by Crippen LogP contribution is 2.34. The molecule has 0 bridgehead atoms. The molecule has 0 saturated carbocycles. The van der Waals surface area contributed by atoms with Gasteiger partial charge in [-0.15, -0.1) is 12.3 Å². The molecular formula is C24H33N3O5. The molecule has 174 valence electrons. The van der Waals surface area contributed by atoms with Crippen LogP contribution in [0.15, 0.2) is 30.0 Å². The predicted molar refractivity (Wildman–Crippen MR) is 122 cm³/mol. The molecule has 2 amide bonds. The Morgan fingerprint density at radius 1 is 1.19 bits per heavy atom. The number of rotatable bonds is 4. The number of benzene rings is 1. The summed E-state index contributed by atoms with van der Waals surface area (Å²) in [6.07, 6.45) is 6.49. The topological polar surface area (TPSA) is 125 Å². The number of terminal acetylenes is 1. The third-order valence-electron chi connectivity index (χ3n) is 4.57. The zero-order valence-corrected chi connectivity index (χ0v) is 19.7. The lowest BCUT2D eigenvalue weighted by Crippen LogP contribution is -2.42. The van der Waals surface area contributed by atoms with E-state index < -0.39 is 17.9 Å². The van der Waals surface area contributed by atoms with E-state index >= 15 is 0 Å². The standard InChI is InChI=1S/C13H16N2O2.C11H17NO3/c1-4-5-13(15,17-12(14)16)11-7-9(2)6-10(3)8-11;1-11(2)6-8(13)5-9(7-11)15-10(14)12(3)4/h1,6-8H,5,15H2,2-3H3,(H2,14,16);5H,6-7H2,1-4H3. The maximum Gasteiger partial charge on any atom is 0.414 e. The molecule has 1 unspecified atom stereocenters. The van der Waals surface area contributed by atoms with E-state index in [9.17, 15) is 14.4 Å². The molecule has 2 rings (SSSR count). The van der Waals surface area contributed by atoms with Crippen LogP contribution in [0.1, 0.15) is 49.8 Å². The van der Waals surface area contributed by atoms with Crippen LogP contribution in [0.2, 0.25) is 0 Å². The fourth-order valence-corrected chi connectivity index (χ4v) is 3.30. The van der Waals surface area contributed by atoms with Gasteiger partial charge < -0.3 is 20.1 Å². The Balaban J connectivity index is 0.000000323. The Labute approximate surface area is 189 Å². The first-order valence-electron chi connectivity index (χ1n) is 10.1. The number of nitrogens with zero attached hydrogens (tertiary/aromatic N) is 1. The lowest BCUT2D eigenvalue weighted by atomic mass is 9.79. The van der Waals surface area contributed by atoms with E-state index in [2.05, 4.69) is 5.92 Å². The number of primary amides is 1. The van der Waals surface area contributed by atoms with Crippen molar-refractivity contribution in [2.24, 2.45) is 16.9 Å². The molecule has 4 N–H and O–H groups in total. The molecule has 0 heterocycles. The van der Waals surface area contributed by atoms with Crippen molar-refractivity contribution in [1.82, 2.24) is 4.90 Å². The zero-order chi connectivity index (χ0) is 24.7. The van der Waals surface area contributed by atoms with Gasteiger partial charge in [-0.2, -0.15) is 0 Å². The van der Waals surface area contributed by atoms with Crippen molar-refractivity contribution in [2.45, 2.75) is 52.7 Å². The van der Waals surface area contributed by atoms with Crippen LogP contribution in [0.5, 0.6) is 0 Å². The average molecular weight is 444 g/mol. The van der Waals surface area contributed by atoms with Gasteiger partial charge in [0.05, 0.1) is 6.42 Å². The minimum atomic E-state index is -1.36. The number of ketones is 1. The molecule has 0 fully saturated rings. The SMILES string of the molecule is C#CCC(N)(OC(N)=O)c1cc(C)cc(C)c1.CN(C)C(=O)OC1=CC(=O)CC(C)(C)C1. The summed E-state index contributed by atoms with van der Waals surface area (Å²) in [7, 11) is 3.22. The van der Waals surface area contributed by atoms with Gasteiger partial charge in [-0.25, -0.2) is 9.59 Å². The molecule has 1 aliphatic carbocycles. The second kappa shape index (κ2) is 10.8. The fourth-order valence-electron chi connectivity index (χ4n) is 3.30. The van der Waals surface area contributed by atoms with Crippen LogP contribution in [0.25, 0.3) is 0 Å². The molecule has 1 aromatic carbocycles. The number of aryl methyl sites for hydroxylation is 2. The number of hydrogen-bond acceptors (Lipinski definition) is 6. The molecule has 0 spiro atoms. The Hall–Kier alpha value is -3.31. The van der Waals surface area contributed by atoms with Gasteiger partial charge in [0.1, 0.15) is 5.76 Å². The minimum absolute atomic E-state index is 0.0211. The molecule has 0 radical (unpaired) electrons. The van der Waals surface area contributed by atoms with Crippen LogP contribution in [-0.4, -0.2) is 37.0 Å². The Kier molecular flexibility index (Phi) is 9.04. The normalized spacial score (nSPS) is 16.3. The maximum absolute atomic E-state index is 11.4. The van der Waals surface area contributed by atoms with Crippen LogP contribution >= 0.6 is 0 Å². The fraction of sp³-hybridized carbons (Fsp3) is 0.458. The lowest BCUT2D eigenvalue weighted by molar-refractivity contribution is -0.117. The largest absolute Gasteiger partial charge is 0.423 e. The van der Waals surface area contributed by atoms with Crippen molar-refractivity contribution in [3.05, 3.63) is 46.7 Å². The molecule has 1 atom stereocenters. The van der Waals surface area contributed by atoms with Gasteiger partial charge in [0.25, 0.3) is 0 Å². The monoisotopic (exact) mass is 443 g/mol. The van der Waals surface area contributed by atoms with E-state index in [1.165, 1.54) is 11.0 Å². The highest BCUT2D eigenvalue weighted by molar-refractivity contribution is 5.91. The van der Waals surface area contributed by atoms with Gasteiger partial charge in [0, 0.05) is 38.6 Å². The minimum Gasteiger partial charge on any atom is -0.423 e. The molecule has 32 heavy (non-hydrogen) atoms. The Bertz CT molecular complexity index is 923. The van der Waals surface area contributed by atoms with E-state index in [0.717, 1.165) is 11.1 Å². The molecular weight excluding hydrogens is 410 g/mol. The number of allylic oxidation sites excluding steroid dienone is 2. The summed E-state index contributed by atoms with van der Waals surface area (Å²) in [6.45, 7) is 7.83. The Morgan fingerprint density at radius 2 is 1.75 bits per heavy atom. The van der Waals surface area contributed by atoms with Crippen LogP contribution < -0.4 is 11.5 Å². The third-order valence-corrected chi connectivity index (χ3v) is 4.57. The van der Waals surface area contributed by atoms with E-state index in [1.807, 2.05) is 45.9 Å². The quantitative estimate of drug-likeness (QED) is 0.542. The summed E-state index contributed by atoms with van der Waals surface area (Å²) < 4.78 is 10.0. The average Bonchev–Trinajstić information content (AvgIpc) is 2.59. The third kappa shape index (κ3) is 8.44. The van der Waals surface area contributed by atoms with Crippen molar-refractivity contribution < 1.29 is 23.9 Å². The summed E-state index contributed by atoms with van der Waals surface area (Å²) >= 11 is 0. The molecule has 0 saturated heterocycles. The van der Waals surface area contributed by atoms with Crippen LogP contribution in [0, 0.1) is 31.6 Å². The number of carbonyl (C=O) groups is 3. The van der Waals surface area contributed by atoms with E-state index in [0.29, 0.717) is 24.2 Å². The molecule has 1 aromatic rings. The van der Waals surface area contributed by atoms with Crippen LogP contribution in [0.4, 0.5) is 9.59 Å². The van der Waals surface area contributed by atoms with Crippen molar-refractivity contribution in [1.29, 1.82) is 0 Å². The van der Waals surface area contributed by atoms with Crippen molar-refractivity contribution in [3.8, 4) is 12.3 Å². The van der Waals surface area contributed by atoms with Crippen LogP contribution in [0.3, 0.4) is 0 Å². The molecule has 1 aliphatic rings. The van der Waals surface area contributed by atoms with Gasteiger partial charge in [-0.1, -0.05) is 43.2 Å². The van der Waals surface area contributed by atoms with E-state index in [4.69, 9.17) is 27.4 Å². The van der Waals surface area contributed by atoms with Crippen molar-refractivity contribution in [3.63, 3.8) is 0 Å². The molecule has 0 aliphatic heterocycles. The van der Waals surface area contributed by atoms with Gasteiger partial charge >= 0.3 is 12.2 Å². The predicted octanol–water partition coefficient (Wildman–Crippen LogP) is 3.49. The van der Waals surface area contributed by atoms with Gasteiger partial charge in [-0.05, 0) is 19.3 Å². The zero-order valence-electron chi connectivity index (χ0n) is 19.7. The molecule has 8 heteroatoms. The highest BCUT2D eigenvalue weighted by Gasteiger charge is 2.31.